The fraction of sp³-hybridized carbons (Fsp3) is 0. The van der Waals surface area contributed by atoms with Gasteiger partial charge >= 0.3 is 0 Å². The molecule has 0 bridgehead atoms. The van der Waals surface area contributed by atoms with Crippen LogP contribution in [0.2, 0.25) is 0 Å². The number of benzene rings is 9. The molecule has 62 heavy (non-hydrogen) atoms. The first-order valence-electron chi connectivity index (χ1n) is 20.9. The van der Waals surface area contributed by atoms with Gasteiger partial charge in [0.25, 0.3) is 0 Å². The smallest absolute Gasteiger partial charge is 0.164 e. The molecule has 0 amide bonds. The molecular weight excluding hydrogens is 755 g/mol. The zero-order chi connectivity index (χ0) is 41.0. The van der Waals surface area contributed by atoms with Crippen molar-refractivity contribution in [2.24, 2.45) is 0 Å². The van der Waals surface area contributed by atoms with Crippen molar-refractivity contribution in [2.75, 3.05) is 0 Å². The van der Waals surface area contributed by atoms with Crippen molar-refractivity contribution in [3.8, 4) is 67.8 Å². The highest BCUT2D eigenvalue weighted by Gasteiger charge is 2.23. The van der Waals surface area contributed by atoms with Crippen molar-refractivity contribution >= 4 is 43.6 Å². The molecule has 12 aromatic rings. The highest BCUT2D eigenvalue weighted by Crippen LogP contribution is 2.43. The number of nitrogens with zero attached hydrogens (tertiary/aromatic N) is 5. The third-order valence-electron chi connectivity index (χ3n) is 11.9. The number of para-hydroxylation sites is 3. The highest BCUT2D eigenvalue weighted by atomic mass is 15.1. The van der Waals surface area contributed by atoms with E-state index in [9.17, 15) is 0 Å². The van der Waals surface area contributed by atoms with E-state index in [2.05, 4.69) is 197 Å². The van der Waals surface area contributed by atoms with Crippen LogP contribution in [0.5, 0.6) is 0 Å². The number of rotatable bonds is 7. The second kappa shape index (κ2) is 14.7. The molecule has 0 unspecified atom stereocenters. The Morgan fingerprint density at radius 1 is 0.242 bits per heavy atom. The lowest BCUT2D eigenvalue weighted by Crippen LogP contribution is -2.02. The average Bonchev–Trinajstić information content (AvgIpc) is 3.88. The number of aromatic nitrogens is 5. The van der Waals surface area contributed by atoms with Crippen LogP contribution in [0, 0.1) is 0 Å². The van der Waals surface area contributed by atoms with Gasteiger partial charge in [-0.15, -0.1) is 0 Å². The Morgan fingerprint density at radius 3 is 1.18 bits per heavy atom. The maximum absolute atomic E-state index is 5.24. The molecule has 0 aliphatic heterocycles. The van der Waals surface area contributed by atoms with Crippen LogP contribution in [0.4, 0.5) is 0 Å². The van der Waals surface area contributed by atoms with Gasteiger partial charge in [0.2, 0.25) is 0 Å². The average molecular weight is 792 g/mol. The van der Waals surface area contributed by atoms with Gasteiger partial charge in [0.05, 0.1) is 22.1 Å². The van der Waals surface area contributed by atoms with Crippen LogP contribution in [-0.4, -0.2) is 24.1 Å². The second-order valence-electron chi connectivity index (χ2n) is 15.7. The van der Waals surface area contributed by atoms with E-state index in [0.717, 1.165) is 66.8 Å². The molecule has 0 aliphatic rings. The number of hydrogen-bond acceptors (Lipinski definition) is 3. The lowest BCUT2D eigenvalue weighted by Gasteiger charge is -2.16. The second-order valence-corrected chi connectivity index (χ2v) is 15.7. The first kappa shape index (κ1) is 35.5. The van der Waals surface area contributed by atoms with E-state index in [-0.39, 0.29) is 0 Å². The Labute approximate surface area is 358 Å². The minimum absolute atomic E-state index is 0.601. The van der Waals surface area contributed by atoms with Crippen LogP contribution in [0.25, 0.3) is 111 Å². The Hall–Kier alpha value is -8.41. The molecule has 0 spiro atoms. The fourth-order valence-electron chi connectivity index (χ4n) is 9.10. The molecule has 9 aromatic carbocycles. The summed E-state index contributed by atoms with van der Waals surface area (Å²) in [6.07, 6.45) is 0. The summed E-state index contributed by atoms with van der Waals surface area (Å²) in [6, 6.07) is 79.4. The summed E-state index contributed by atoms with van der Waals surface area (Å²) >= 11 is 0. The molecule has 0 saturated carbocycles. The first-order valence-corrected chi connectivity index (χ1v) is 20.9. The van der Waals surface area contributed by atoms with Gasteiger partial charge in [0.1, 0.15) is 0 Å². The van der Waals surface area contributed by atoms with Gasteiger partial charge in [-0.05, 0) is 70.8 Å². The van der Waals surface area contributed by atoms with Gasteiger partial charge in [-0.25, -0.2) is 15.0 Å². The van der Waals surface area contributed by atoms with Crippen LogP contribution < -0.4 is 0 Å². The summed E-state index contributed by atoms with van der Waals surface area (Å²) < 4.78 is 4.89. The monoisotopic (exact) mass is 791 g/mol. The predicted molar refractivity (Wildman–Crippen MR) is 256 cm³/mol. The van der Waals surface area contributed by atoms with Crippen LogP contribution in [0.3, 0.4) is 0 Å². The molecule has 5 heteroatoms. The van der Waals surface area contributed by atoms with Gasteiger partial charge < -0.3 is 9.13 Å². The van der Waals surface area contributed by atoms with E-state index in [4.69, 9.17) is 15.0 Å². The van der Waals surface area contributed by atoms with Crippen molar-refractivity contribution in [1.29, 1.82) is 0 Å². The van der Waals surface area contributed by atoms with E-state index in [1.54, 1.807) is 0 Å². The molecule has 0 fully saturated rings. The first-order chi connectivity index (χ1) is 30.7. The highest BCUT2D eigenvalue weighted by molar-refractivity contribution is 6.23. The van der Waals surface area contributed by atoms with Crippen LogP contribution in [0.1, 0.15) is 0 Å². The molecule has 0 radical (unpaired) electrons. The van der Waals surface area contributed by atoms with Gasteiger partial charge in [-0.3, -0.25) is 0 Å². The largest absolute Gasteiger partial charge is 0.307 e. The number of fused-ring (bicyclic) bond motifs is 7. The number of hydrogen-bond donors (Lipinski definition) is 0. The topological polar surface area (TPSA) is 48.5 Å². The maximum Gasteiger partial charge on any atom is 0.164 e. The Bertz CT molecular complexity index is 3550. The van der Waals surface area contributed by atoms with Crippen LogP contribution in [0.15, 0.2) is 224 Å². The summed E-state index contributed by atoms with van der Waals surface area (Å²) in [5.74, 6) is 1.85. The molecule has 12 rings (SSSR count). The Kier molecular flexibility index (Phi) is 8.42. The summed E-state index contributed by atoms with van der Waals surface area (Å²) in [4.78, 5) is 15.5. The SMILES string of the molecule is c1ccc(-c2cccc(-c3cc(-c4nc(-c5ccccc5)nc(-c5ccccc5)n4)cc(-n4c5ccccc5c5ccc6c7ccccc7n(-c7ccccc7)c6c54)c3)c2)cc1. The Balaban J connectivity index is 1.19. The van der Waals surface area contributed by atoms with E-state index in [0.29, 0.717) is 17.5 Å². The third-order valence-corrected chi connectivity index (χ3v) is 11.9. The van der Waals surface area contributed by atoms with Crippen molar-refractivity contribution in [3.05, 3.63) is 224 Å². The molecule has 0 aliphatic carbocycles. The molecule has 3 heterocycles. The van der Waals surface area contributed by atoms with Crippen molar-refractivity contribution in [2.45, 2.75) is 0 Å². The van der Waals surface area contributed by atoms with E-state index < -0.39 is 0 Å². The summed E-state index contributed by atoms with van der Waals surface area (Å²) in [5.41, 5.74) is 13.9. The van der Waals surface area contributed by atoms with Gasteiger partial charge in [0.15, 0.2) is 17.5 Å². The fourth-order valence-corrected chi connectivity index (χ4v) is 9.10. The zero-order valence-corrected chi connectivity index (χ0v) is 33.6. The summed E-state index contributed by atoms with van der Waals surface area (Å²) in [6.45, 7) is 0. The zero-order valence-electron chi connectivity index (χ0n) is 33.6. The molecule has 3 aromatic heterocycles. The summed E-state index contributed by atoms with van der Waals surface area (Å²) in [7, 11) is 0. The third kappa shape index (κ3) is 5.98. The summed E-state index contributed by atoms with van der Waals surface area (Å²) in [5, 5.41) is 4.78. The van der Waals surface area contributed by atoms with E-state index >= 15 is 0 Å². The Morgan fingerprint density at radius 2 is 0.629 bits per heavy atom. The van der Waals surface area contributed by atoms with E-state index in [1.807, 2.05) is 36.4 Å². The van der Waals surface area contributed by atoms with Gasteiger partial charge in [-0.2, -0.15) is 0 Å². The molecular formula is C57H37N5. The normalized spacial score (nSPS) is 11.5. The molecule has 0 N–H and O–H groups in total. The van der Waals surface area contributed by atoms with Crippen molar-refractivity contribution < 1.29 is 0 Å². The van der Waals surface area contributed by atoms with Crippen molar-refractivity contribution in [3.63, 3.8) is 0 Å². The molecule has 0 saturated heterocycles. The van der Waals surface area contributed by atoms with Crippen molar-refractivity contribution in [1.82, 2.24) is 24.1 Å². The lowest BCUT2D eigenvalue weighted by atomic mass is 9.97. The lowest BCUT2D eigenvalue weighted by molar-refractivity contribution is 1.07. The maximum atomic E-state index is 5.24. The molecule has 290 valence electrons. The van der Waals surface area contributed by atoms with E-state index in [1.165, 1.54) is 27.1 Å². The predicted octanol–water partition coefficient (Wildman–Crippen LogP) is 14.4. The minimum atomic E-state index is 0.601. The molecule has 0 atom stereocenters. The molecule has 5 nitrogen and oxygen atoms in total. The van der Waals surface area contributed by atoms with Gasteiger partial charge in [0, 0.05) is 49.6 Å². The van der Waals surface area contributed by atoms with Gasteiger partial charge in [-0.1, -0.05) is 176 Å². The quantitative estimate of drug-likeness (QED) is 0.162. The minimum Gasteiger partial charge on any atom is -0.307 e. The van der Waals surface area contributed by atoms with Crippen LogP contribution >= 0.6 is 0 Å². The van der Waals surface area contributed by atoms with Crippen LogP contribution in [-0.2, 0) is 0 Å². The standard InChI is InChI=1S/C57H37N5/c1-5-18-38(19-6-1)41-24-17-25-42(34-41)43-35-44(57-59-55(39-20-7-2-8-21-39)58-56(60-57)40-22-9-3-10-23-40)37-46(36-43)62-52-31-16-14-29-48(52)50-33-32-49-47-28-13-15-30-51(47)61(53(49)54(50)62)45-26-11-4-12-27-45/h1-37H.